The molecular formula is C14H13NO3. The van der Waals surface area contributed by atoms with Crippen LogP contribution in [0.25, 0.3) is 11.1 Å². The Hall–Kier alpha value is -2.36. The lowest BCUT2D eigenvalue weighted by atomic mass is 10.0. The standard InChI is InChI=1S/C14H13NO3/c1-18-13-8-7-11(10-5-3-2-4-6-10)12(15-13)9-14(16)17/h2-8H,9H2,1H3,(H,16,17). The molecule has 92 valence electrons. The fourth-order valence-corrected chi connectivity index (χ4v) is 1.75. The Balaban J connectivity index is 2.49. The molecule has 0 fully saturated rings. The Morgan fingerprint density at radius 1 is 1.22 bits per heavy atom. The second-order valence-corrected chi connectivity index (χ2v) is 3.78. The average Bonchev–Trinajstić information content (AvgIpc) is 2.39. The van der Waals surface area contributed by atoms with E-state index in [9.17, 15) is 4.79 Å². The first-order chi connectivity index (χ1) is 8.70. The Morgan fingerprint density at radius 2 is 1.94 bits per heavy atom. The van der Waals surface area contributed by atoms with E-state index < -0.39 is 5.97 Å². The minimum absolute atomic E-state index is 0.124. The van der Waals surface area contributed by atoms with Gasteiger partial charge in [0.2, 0.25) is 5.88 Å². The van der Waals surface area contributed by atoms with E-state index in [4.69, 9.17) is 9.84 Å². The molecule has 2 aromatic rings. The van der Waals surface area contributed by atoms with E-state index in [2.05, 4.69) is 4.98 Å². The molecule has 0 saturated heterocycles. The lowest BCUT2D eigenvalue weighted by Gasteiger charge is -2.09. The predicted molar refractivity (Wildman–Crippen MR) is 67.6 cm³/mol. The average molecular weight is 243 g/mol. The van der Waals surface area contributed by atoms with Crippen LogP contribution in [0.4, 0.5) is 0 Å². The maximum Gasteiger partial charge on any atom is 0.309 e. The molecule has 1 heterocycles. The Morgan fingerprint density at radius 3 is 2.56 bits per heavy atom. The number of carbonyl (C=O) groups is 1. The van der Waals surface area contributed by atoms with Gasteiger partial charge in [-0.25, -0.2) is 4.98 Å². The third-order valence-electron chi connectivity index (χ3n) is 2.56. The SMILES string of the molecule is COc1ccc(-c2ccccc2)c(CC(=O)O)n1. The molecule has 0 amide bonds. The first-order valence-corrected chi connectivity index (χ1v) is 5.52. The molecule has 0 aliphatic carbocycles. The molecule has 0 unspecified atom stereocenters. The van der Waals surface area contributed by atoms with E-state index >= 15 is 0 Å². The molecular weight excluding hydrogens is 230 g/mol. The number of pyridine rings is 1. The maximum absolute atomic E-state index is 10.9. The molecule has 1 aromatic heterocycles. The summed E-state index contributed by atoms with van der Waals surface area (Å²) < 4.78 is 5.02. The fraction of sp³-hybridized carbons (Fsp3) is 0.143. The Bertz CT molecular complexity index is 552. The van der Waals surface area contributed by atoms with Crippen molar-refractivity contribution in [3.63, 3.8) is 0 Å². The summed E-state index contributed by atoms with van der Waals surface area (Å²) >= 11 is 0. The van der Waals surface area contributed by atoms with Gasteiger partial charge in [0, 0.05) is 11.6 Å². The fourth-order valence-electron chi connectivity index (χ4n) is 1.75. The molecule has 1 N–H and O–H groups in total. The molecule has 0 aliphatic heterocycles. The maximum atomic E-state index is 10.9. The van der Waals surface area contributed by atoms with Gasteiger partial charge in [-0.1, -0.05) is 30.3 Å². The lowest BCUT2D eigenvalue weighted by molar-refractivity contribution is -0.136. The molecule has 0 saturated carbocycles. The highest BCUT2D eigenvalue weighted by atomic mass is 16.5. The lowest BCUT2D eigenvalue weighted by Crippen LogP contribution is -2.05. The van der Waals surface area contributed by atoms with Crippen LogP contribution in [-0.2, 0) is 11.2 Å². The molecule has 18 heavy (non-hydrogen) atoms. The summed E-state index contributed by atoms with van der Waals surface area (Å²) in [6, 6.07) is 13.1. The number of aliphatic carboxylic acids is 1. The minimum atomic E-state index is -0.909. The van der Waals surface area contributed by atoms with Gasteiger partial charge in [0.25, 0.3) is 0 Å². The second kappa shape index (κ2) is 5.31. The number of benzene rings is 1. The highest BCUT2D eigenvalue weighted by molar-refractivity contribution is 5.75. The molecule has 0 bridgehead atoms. The summed E-state index contributed by atoms with van der Waals surface area (Å²) in [6.07, 6.45) is -0.124. The van der Waals surface area contributed by atoms with Gasteiger partial charge in [-0.15, -0.1) is 0 Å². The zero-order valence-electron chi connectivity index (χ0n) is 9.96. The van der Waals surface area contributed by atoms with Crippen molar-refractivity contribution in [2.24, 2.45) is 0 Å². The number of hydrogen-bond acceptors (Lipinski definition) is 3. The van der Waals surface area contributed by atoms with Crippen molar-refractivity contribution in [3.8, 4) is 17.0 Å². The molecule has 0 spiro atoms. The number of hydrogen-bond donors (Lipinski definition) is 1. The largest absolute Gasteiger partial charge is 0.481 e. The topological polar surface area (TPSA) is 59.4 Å². The quantitative estimate of drug-likeness (QED) is 0.895. The first-order valence-electron chi connectivity index (χ1n) is 5.52. The van der Waals surface area contributed by atoms with Crippen molar-refractivity contribution in [3.05, 3.63) is 48.2 Å². The predicted octanol–water partition coefficient (Wildman–Crippen LogP) is 2.38. The summed E-state index contributed by atoms with van der Waals surface area (Å²) in [6.45, 7) is 0. The van der Waals surface area contributed by atoms with E-state index in [1.807, 2.05) is 36.4 Å². The third kappa shape index (κ3) is 2.66. The van der Waals surface area contributed by atoms with Gasteiger partial charge in [0.05, 0.1) is 19.2 Å². The summed E-state index contributed by atoms with van der Waals surface area (Å²) in [5, 5.41) is 8.92. The van der Waals surface area contributed by atoms with Crippen molar-refractivity contribution >= 4 is 5.97 Å². The van der Waals surface area contributed by atoms with Gasteiger partial charge in [-0.2, -0.15) is 0 Å². The first kappa shape index (κ1) is 12.1. The van der Waals surface area contributed by atoms with Gasteiger partial charge in [-0.3, -0.25) is 4.79 Å². The normalized spacial score (nSPS) is 10.1. The van der Waals surface area contributed by atoms with Crippen LogP contribution < -0.4 is 4.74 Å². The number of carboxylic acids is 1. The Kier molecular flexibility index (Phi) is 3.57. The van der Waals surface area contributed by atoms with E-state index in [-0.39, 0.29) is 6.42 Å². The number of carboxylic acid groups (broad SMARTS) is 1. The smallest absolute Gasteiger partial charge is 0.309 e. The van der Waals surface area contributed by atoms with Crippen molar-refractivity contribution in [1.82, 2.24) is 4.98 Å². The zero-order valence-corrected chi connectivity index (χ0v) is 9.96. The van der Waals surface area contributed by atoms with E-state index in [0.717, 1.165) is 11.1 Å². The molecule has 0 radical (unpaired) electrons. The van der Waals surface area contributed by atoms with Crippen LogP contribution in [-0.4, -0.2) is 23.2 Å². The van der Waals surface area contributed by atoms with Gasteiger partial charge in [0.15, 0.2) is 0 Å². The van der Waals surface area contributed by atoms with Crippen LogP contribution in [0.3, 0.4) is 0 Å². The van der Waals surface area contributed by atoms with Gasteiger partial charge >= 0.3 is 5.97 Å². The van der Waals surface area contributed by atoms with Crippen molar-refractivity contribution in [1.29, 1.82) is 0 Å². The minimum Gasteiger partial charge on any atom is -0.481 e. The summed E-state index contributed by atoms with van der Waals surface area (Å²) in [5.74, 6) is -0.487. The van der Waals surface area contributed by atoms with E-state index in [0.29, 0.717) is 11.6 Å². The monoisotopic (exact) mass is 243 g/mol. The summed E-state index contributed by atoms with van der Waals surface area (Å²) in [4.78, 5) is 15.1. The number of methoxy groups -OCH3 is 1. The van der Waals surface area contributed by atoms with Crippen LogP contribution in [0.2, 0.25) is 0 Å². The highest BCUT2D eigenvalue weighted by Crippen LogP contribution is 2.25. The van der Waals surface area contributed by atoms with Crippen LogP contribution in [0.1, 0.15) is 5.69 Å². The molecule has 1 aromatic carbocycles. The summed E-state index contributed by atoms with van der Waals surface area (Å²) in [5.41, 5.74) is 2.27. The van der Waals surface area contributed by atoms with Crippen molar-refractivity contribution in [2.75, 3.05) is 7.11 Å². The number of nitrogens with zero attached hydrogens (tertiary/aromatic N) is 1. The Labute approximate surface area is 105 Å². The van der Waals surface area contributed by atoms with Crippen LogP contribution in [0.5, 0.6) is 5.88 Å². The molecule has 2 rings (SSSR count). The molecule has 4 heteroatoms. The van der Waals surface area contributed by atoms with Crippen molar-refractivity contribution < 1.29 is 14.6 Å². The number of rotatable bonds is 4. The third-order valence-corrected chi connectivity index (χ3v) is 2.56. The van der Waals surface area contributed by atoms with Crippen LogP contribution in [0.15, 0.2) is 42.5 Å². The van der Waals surface area contributed by atoms with Crippen molar-refractivity contribution in [2.45, 2.75) is 6.42 Å². The molecule has 0 aliphatic rings. The van der Waals surface area contributed by atoms with Gasteiger partial charge < -0.3 is 9.84 Å². The van der Waals surface area contributed by atoms with E-state index in [1.165, 1.54) is 7.11 Å². The van der Waals surface area contributed by atoms with Gasteiger partial charge in [0.1, 0.15) is 0 Å². The van der Waals surface area contributed by atoms with Crippen LogP contribution in [0, 0.1) is 0 Å². The number of aromatic nitrogens is 1. The van der Waals surface area contributed by atoms with Crippen LogP contribution >= 0.6 is 0 Å². The zero-order chi connectivity index (χ0) is 13.0. The second-order valence-electron chi connectivity index (χ2n) is 3.78. The number of ether oxygens (including phenoxy) is 1. The van der Waals surface area contributed by atoms with Gasteiger partial charge in [-0.05, 0) is 11.6 Å². The molecule has 0 atom stereocenters. The highest BCUT2D eigenvalue weighted by Gasteiger charge is 2.11. The van der Waals surface area contributed by atoms with E-state index in [1.54, 1.807) is 6.07 Å². The summed E-state index contributed by atoms with van der Waals surface area (Å²) in [7, 11) is 1.51. The molecule has 4 nitrogen and oxygen atoms in total.